The van der Waals surface area contributed by atoms with E-state index in [-0.39, 0.29) is 0 Å². The lowest BCUT2D eigenvalue weighted by Gasteiger charge is -2.14. The van der Waals surface area contributed by atoms with Gasteiger partial charge in [0.1, 0.15) is 0 Å². The van der Waals surface area contributed by atoms with Crippen molar-refractivity contribution in [2.24, 2.45) is 0 Å². The summed E-state index contributed by atoms with van der Waals surface area (Å²) in [5.74, 6) is 1.96. The van der Waals surface area contributed by atoms with Gasteiger partial charge >= 0.3 is 0 Å². The summed E-state index contributed by atoms with van der Waals surface area (Å²) in [6.45, 7) is 0. The lowest BCUT2D eigenvalue weighted by Crippen LogP contribution is -1.97. The summed E-state index contributed by atoms with van der Waals surface area (Å²) in [6, 6.07) is 13.4. The van der Waals surface area contributed by atoms with Gasteiger partial charge in [0, 0.05) is 23.2 Å². The van der Waals surface area contributed by atoms with E-state index in [0.29, 0.717) is 17.2 Å². The Morgan fingerprint density at radius 2 is 1.64 bits per heavy atom. The fourth-order valence-electron chi connectivity index (χ4n) is 2.61. The van der Waals surface area contributed by atoms with Crippen LogP contribution in [-0.2, 0) is 6.42 Å². The number of ether oxygens (including phenoxy) is 3. The second-order valence-corrected chi connectivity index (χ2v) is 5.02. The van der Waals surface area contributed by atoms with E-state index in [1.807, 2.05) is 18.3 Å². The molecule has 113 valence electrons. The smallest absolute Gasteiger partial charge is 0.203 e. The van der Waals surface area contributed by atoms with E-state index >= 15 is 0 Å². The highest BCUT2D eigenvalue weighted by Gasteiger charge is 2.13. The van der Waals surface area contributed by atoms with Gasteiger partial charge in [-0.05, 0) is 35.7 Å². The first-order valence-corrected chi connectivity index (χ1v) is 7.01. The van der Waals surface area contributed by atoms with E-state index in [1.165, 1.54) is 5.56 Å². The maximum atomic E-state index is 5.40. The highest BCUT2D eigenvalue weighted by Crippen LogP contribution is 2.38. The van der Waals surface area contributed by atoms with Crippen LogP contribution in [0.1, 0.15) is 11.1 Å². The maximum absolute atomic E-state index is 5.40. The zero-order valence-electron chi connectivity index (χ0n) is 12.9. The number of aromatic amines is 1. The van der Waals surface area contributed by atoms with Crippen LogP contribution in [0.4, 0.5) is 0 Å². The second-order valence-electron chi connectivity index (χ2n) is 5.02. The van der Waals surface area contributed by atoms with E-state index in [4.69, 9.17) is 14.2 Å². The highest BCUT2D eigenvalue weighted by atomic mass is 16.5. The molecule has 1 aromatic heterocycles. The Morgan fingerprint density at radius 3 is 2.27 bits per heavy atom. The average molecular weight is 296 g/mol. The quantitative estimate of drug-likeness (QED) is 0.782. The first-order valence-electron chi connectivity index (χ1n) is 7.01. The first kappa shape index (κ1) is 14.3. The average Bonchev–Trinajstić information content (AvgIpc) is 3.01. The predicted octanol–water partition coefficient (Wildman–Crippen LogP) is 3.58. The lowest BCUT2D eigenvalue weighted by atomic mass is 10.0. The molecule has 4 nitrogen and oxygen atoms in total. The first-order chi connectivity index (χ1) is 10.7. The topological polar surface area (TPSA) is 43.5 Å². The largest absolute Gasteiger partial charge is 0.493 e. The number of aromatic nitrogens is 1. The summed E-state index contributed by atoms with van der Waals surface area (Å²) in [5, 5.41) is 1.09. The molecule has 0 aliphatic carbocycles. The molecule has 3 aromatic rings. The third-order valence-electron chi connectivity index (χ3n) is 3.67. The zero-order chi connectivity index (χ0) is 15.5. The van der Waals surface area contributed by atoms with E-state index in [9.17, 15) is 0 Å². The summed E-state index contributed by atoms with van der Waals surface area (Å²) >= 11 is 0. The maximum Gasteiger partial charge on any atom is 0.203 e. The molecule has 1 heterocycles. The molecule has 1 radical (unpaired) electrons. The van der Waals surface area contributed by atoms with Crippen LogP contribution in [0.2, 0.25) is 0 Å². The standard InChI is InChI=1S/C18H18NO3/c1-20-16-10-13(11-17(21-2)18(16)22-3)8-12-4-5-14-6-7-19-15(14)9-12/h4-5,7,9-11,19H,8H2,1-3H3. The van der Waals surface area contributed by atoms with Crippen LogP contribution in [0.15, 0.2) is 36.5 Å². The summed E-state index contributed by atoms with van der Waals surface area (Å²) in [6.07, 6.45) is 2.61. The van der Waals surface area contributed by atoms with Crippen LogP contribution >= 0.6 is 0 Å². The van der Waals surface area contributed by atoms with Crippen molar-refractivity contribution in [3.05, 3.63) is 53.7 Å². The van der Waals surface area contributed by atoms with Gasteiger partial charge in [-0.1, -0.05) is 12.1 Å². The van der Waals surface area contributed by atoms with E-state index in [1.54, 1.807) is 21.3 Å². The minimum atomic E-state index is 0.614. The van der Waals surface area contributed by atoms with Crippen LogP contribution in [0.25, 0.3) is 10.9 Å². The molecular weight excluding hydrogens is 278 g/mol. The van der Waals surface area contributed by atoms with Crippen molar-refractivity contribution in [1.29, 1.82) is 0 Å². The third kappa shape index (κ3) is 2.60. The molecule has 0 saturated heterocycles. The predicted molar refractivity (Wildman–Crippen MR) is 86.0 cm³/mol. The SMILES string of the molecule is COc1cc(Cc2ccc3[c]c[nH]c3c2)cc(OC)c1OC. The number of methoxy groups -OCH3 is 3. The molecule has 0 amide bonds. The summed E-state index contributed by atoms with van der Waals surface area (Å²) in [5.41, 5.74) is 3.40. The van der Waals surface area contributed by atoms with Crippen molar-refractivity contribution in [2.75, 3.05) is 21.3 Å². The van der Waals surface area contributed by atoms with Gasteiger partial charge < -0.3 is 19.2 Å². The van der Waals surface area contributed by atoms with Gasteiger partial charge in [0.05, 0.1) is 21.3 Å². The number of hydrogen-bond donors (Lipinski definition) is 1. The molecule has 1 N–H and O–H groups in total. The molecule has 0 aliphatic heterocycles. The number of hydrogen-bond acceptors (Lipinski definition) is 3. The normalized spacial score (nSPS) is 10.7. The minimum absolute atomic E-state index is 0.614. The summed E-state index contributed by atoms with van der Waals surface area (Å²) < 4.78 is 16.1. The van der Waals surface area contributed by atoms with E-state index < -0.39 is 0 Å². The Bertz CT molecular complexity index is 767. The number of nitrogens with one attached hydrogen (secondary N) is 1. The third-order valence-corrected chi connectivity index (χ3v) is 3.67. The molecule has 0 fully saturated rings. The molecular formula is C18H18NO3. The Morgan fingerprint density at radius 1 is 0.909 bits per heavy atom. The molecule has 2 aromatic carbocycles. The molecule has 3 rings (SSSR count). The van der Waals surface area contributed by atoms with E-state index in [0.717, 1.165) is 22.9 Å². The van der Waals surface area contributed by atoms with Crippen molar-refractivity contribution < 1.29 is 14.2 Å². The number of rotatable bonds is 5. The monoisotopic (exact) mass is 296 g/mol. The number of fused-ring (bicyclic) bond motifs is 1. The van der Waals surface area contributed by atoms with Gasteiger partial charge in [-0.3, -0.25) is 0 Å². The summed E-state index contributed by atoms with van der Waals surface area (Å²) in [7, 11) is 4.86. The summed E-state index contributed by atoms with van der Waals surface area (Å²) in [4.78, 5) is 3.18. The number of benzene rings is 2. The fraction of sp³-hybridized carbons (Fsp3) is 0.222. The Hall–Kier alpha value is -2.62. The molecule has 0 bridgehead atoms. The molecule has 0 unspecified atom stereocenters. The molecule has 0 aliphatic rings. The minimum Gasteiger partial charge on any atom is -0.493 e. The van der Waals surface area contributed by atoms with Crippen molar-refractivity contribution >= 4 is 10.9 Å². The zero-order valence-corrected chi connectivity index (χ0v) is 12.9. The lowest BCUT2D eigenvalue weighted by molar-refractivity contribution is 0.324. The Kier molecular flexibility index (Phi) is 3.92. The Labute approximate surface area is 129 Å². The van der Waals surface area contributed by atoms with Gasteiger partial charge in [-0.25, -0.2) is 0 Å². The van der Waals surface area contributed by atoms with Crippen molar-refractivity contribution in [3.63, 3.8) is 0 Å². The molecule has 22 heavy (non-hydrogen) atoms. The van der Waals surface area contributed by atoms with Gasteiger partial charge in [0.25, 0.3) is 0 Å². The van der Waals surface area contributed by atoms with Gasteiger partial charge in [-0.2, -0.15) is 0 Å². The van der Waals surface area contributed by atoms with Crippen LogP contribution in [-0.4, -0.2) is 26.3 Å². The van der Waals surface area contributed by atoms with E-state index in [2.05, 4.69) is 29.2 Å². The van der Waals surface area contributed by atoms with Crippen molar-refractivity contribution in [1.82, 2.24) is 4.98 Å². The molecule has 0 saturated carbocycles. The molecule has 4 heteroatoms. The van der Waals surface area contributed by atoms with Crippen molar-refractivity contribution in [3.8, 4) is 17.2 Å². The van der Waals surface area contributed by atoms with Crippen LogP contribution in [0.5, 0.6) is 17.2 Å². The van der Waals surface area contributed by atoms with Crippen molar-refractivity contribution in [2.45, 2.75) is 6.42 Å². The highest BCUT2D eigenvalue weighted by molar-refractivity contribution is 5.79. The van der Waals surface area contributed by atoms with Gasteiger partial charge in [-0.15, -0.1) is 0 Å². The molecule has 0 spiro atoms. The molecule has 0 atom stereocenters. The van der Waals surface area contributed by atoms with Crippen LogP contribution in [0, 0.1) is 6.07 Å². The van der Waals surface area contributed by atoms with Gasteiger partial charge in [0.2, 0.25) is 5.75 Å². The second kappa shape index (κ2) is 6.02. The Balaban J connectivity index is 1.97. The van der Waals surface area contributed by atoms with Crippen LogP contribution < -0.4 is 14.2 Å². The van der Waals surface area contributed by atoms with Gasteiger partial charge in [0.15, 0.2) is 11.5 Å². The fourth-order valence-corrected chi connectivity index (χ4v) is 2.61. The number of H-pyrrole nitrogens is 1. The van der Waals surface area contributed by atoms with Crippen LogP contribution in [0.3, 0.4) is 0 Å².